The van der Waals surface area contributed by atoms with Gasteiger partial charge in [0.1, 0.15) is 12.1 Å². The third-order valence-electron chi connectivity index (χ3n) is 4.13. The Hall–Kier alpha value is -2.64. The number of aromatic nitrogens is 3. The van der Waals surface area contributed by atoms with Crippen LogP contribution in [0.25, 0.3) is 0 Å². The van der Waals surface area contributed by atoms with Crippen LogP contribution in [0.2, 0.25) is 0 Å². The fourth-order valence-corrected chi connectivity index (χ4v) is 2.83. The minimum Gasteiger partial charge on any atom is -0.467 e. The molecule has 1 aliphatic rings. The van der Waals surface area contributed by atoms with Crippen LogP contribution in [0.1, 0.15) is 31.6 Å². The SMILES string of the molecule is C[C@H]1CCN(C(=O)C(=O)Nc2ncnn2C)[C@@H](c2ccco2)C1. The second kappa shape index (κ2) is 6.23. The number of rotatable bonds is 2. The Bertz CT molecular complexity index is 694. The van der Waals surface area contributed by atoms with E-state index < -0.39 is 11.8 Å². The number of carbonyl (C=O) groups is 2. The van der Waals surface area contributed by atoms with E-state index in [2.05, 4.69) is 22.3 Å². The number of anilines is 1. The van der Waals surface area contributed by atoms with Crippen molar-refractivity contribution in [3.05, 3.63) is 30.5 Å². The van der Waals surface area contributed by atoms with Crippen molar-refractivity contribution in [1.29, 1.82) is 0 Å². The summed E-state index contributed by atoms with van der Waals surface area (Å²) < 4.78 is 6.85. The Kier molecular flexibility index (Phi) is 4.14. The van der Waals surface area contributed by atoms with E-state index >= 15 is 0 Å². The van der Waals surface area contributed by atoms with E-state index in [1.807, 2.05) is 6.07 Å². The maximum absolute atomic E-state index is 12.6. The number of furan rings is 1. The monoisotopic (exact) mass is 317 g/mol. The summed E-state index contributed by atoms with van der Waals surface area (Å²) in [7, 11) is 1.64. The Morgan fingerprint density at radius 1 is 1.43 bits per heavy atom. The van der Waals surface area contributed by atoms with Gasteiger partial charge < -0.3 is 9.32 Å². The van der Waals surface area contributed by atoms with E-state index in [0.717, 1.165) is 12.8 Å². The molecule has 0 bridgehead atoms. The molecule has 122 valence electrons. The predicted molar refractivity (Wildman–Crippen MR) is 81.2 cm³/mol. The number of carbonyl (C=O) groups excluding carboxylic acids is 2. The molecule has 2 amide bonds. The normalized spacial score (nSPS) is 21.2. The van der Waals surface area contributed by atoms with Crippen molar-refractivity contribution in [2.75, 3.05) is 11.9 Å². The van der Waals surface area contributed by atoms with Crippen LogP contribution >= 0.6 is 0 Å². The molecule has 0 saturated carbocycles. The molecule has 0 spiro atoms. The van der Waals surface area contributed by atoms with Crippen LogP contribution in [0.5, 0.6) is 0 Å². The van der Waals surface area contributed by atoms with Gasteiger partial charge in [0.25, 0.3) is 0 Å². The standard InChI is InChI=1S/C15H19N5O3/c1-10-5-6-20(11(8-10)12-4-3-7-23-12)14(22)13(21)18-15-16-9-17-19(15)2/h3-4,7,9-11H,5-6,8H2,1-2H3,(H,16,17,18,21)/t10-,11+/m0/s1. The van der Waals surface area contributed by atoms with Crippen LogP contribution in [0, 0.1) is 5.92 Å². The summed E-state index contributed by atoms with van der Waals surface area (Å²) >= 11 is 0. The van der Waals surface area contributed by atoms with Crippen LogP contribution in [-0.2, 0) is 16.6 Å². The highest BCUT2D eigenvalue weighted by atomic mass is 16.3. The molecule has 1 fully saturated rings. The highest BCUT2D eigenvalue weighted by Crippen LogP contribution is 2.34. The van der Waals surface area contributed by atoms with Gasteiger partial charge in [0.2, 0.25) is 5.95 Å². The molecule has 2 aromatic rings. The van der Waals surface area contributed by atoms with E-state index in [9.17, 15) is 9.59 Å². The van der Waals surface area contributed by atoms with Gasteiger partial charge in [0.05, 0.1) is 12.3 Å². The summed E-state index contributed by atoms with van der Waals surface area (Å²) in [5.41, 5.74) is 0. The number of amides is 2. The highest BCUT2D eigenvalue weighted by molar-refractivity contribution is 6.39. The van der Waals surface area contributed by atoms with Crippen LogP contribution in [-0.4, -0.2) is 38.0 Å². The number of nitrogens with zero attached hydrogens (tertiary/aromatic N) is 4. The Morgan fingerprint density at radius 3 is 2.91 bits per heavy atom. The molecule has 3 rings (SSSR count). The molecule has 8 nitrogen and oxygen atoms in total. The summed E-state index contributed by atoms with van der Waals surface area (Å²) in [6.45, 7) is 2.66. The molecule has 0 unspecified atom stereocenters. The number of nitrogens with one attached hydrogen (secondary N) is 1. The minimum absolute atomic E-state index is 0.216. The predicted octanol–water partition coefficient (Wildman–Crippen LogP) is 1.35. The number of hydrogen-bond donors (Lipinski definition) is 1. The third-order valence-corrected chi connectivity index (χ3v) is 4.13. The molecule has 0 aliphatic carbocycles. The average molecular weight is 317 g/mol. The lowest BCUT2D eigenvalue weighted by Crippen LogP contribution is -2.45. The van der Waals surface area contributed by atoms with E-state index in [0.29, 0.717) is 18.2 Å². The molecular weight excluding hydrogens is 298 g/mol. The molecule has 3 heterocycles. The molecule has 1 N–H and O–H groups in total. The minimum atomic E-state index is -0.716. The van der Waals surface area contributed by atoms with Gasteiger partial charge in [-0.2, -0.15) is 10.1 Å². The lowest BCUT2D eigenvalue weighted by molar-refractivity contribution is -0.146. The van der Waals surface area contributed by atoms with Crippen molar-refractivity contribution in [2.45, 2.75) is 25.8 Å². The van der Waals surface area contributed by atoms with Gasteiger partial charge in [-0.3, -0.25) is 14.9 Å². The lowest BCUT2D eigenvalue weighted by Gasteiger charge is -2.36. The zero-order chi connectivity index (χ0) is 16.4. The molecule has 0 aromatic carbocycles. The number of likely N-dealkylation sites (tertiary alicyclic amines) is 1. The molecule has 1 aliphatic heterocycles. The Labute approximate surface area is 133 Å². The first-order chi connectivity index (χ1) is 11.1. The van der Waals surface area contributed by atoms with Crippen LogP contribution in [0.3, 0.4) is 0 Å². The fraction of sp³-hybridized carbons (Fsp3) is 0.467. The molecule has 2 atom stereocenters. The molecule has 1 saturated heterocycles. The zero-order valence-electron chi connectivity index (χ0n) is 13.1. The second-order valence-electron chi connectivity index (χ2n) is 5.82. The lowest BCUT2D eigenvalue weighted by atomic mass is 9.91. The summed E-state index contributed by atoms with van der Waals surface area (Å²) in [5, 5.41) is 6.35. The summed E-state index contributed by atoms with van der Waals surface area (Å²) in [5.74, 6) is 0.115. The van der Waals surface area contributed by atoms with E-state index in [1.54, 1.807) is 24.3 Å². The molecule has 8 heteroatoms. The first kappa shape index (κ1) is 15.3. The maximum Gasteiger partial charge on any atom is 0.316 e. The van der Waals surface area contributed by atoms with Gasteiger partial charge in [0.15, 0.2) is 0 Å². The molecule has 0 radical (unpaired) electrons. The van der Waals surface area contributed by atoms with E-state index in [1.165, 1.54) is 11.0 Å². The molecule has 2 aromatic heterocycles. The maximum atomic E-state index is 12.6. The summed E-state index contributed by atoms with van der Waals surface area (Å²) in [6.07, 6.45) is 4.53. The summed E-state index contributed by atoms with van der Waals surface area (Å²) in [4.78, 5) is 30.3. The van der Waals surface area contributed by atoms with Crippen molar-refractivity contribution in [1.82, 2.24) is 19.7 Å². The van der Waals surface area contributed by atoms with Crippen molar-refractivity contribution >= 4 is 17.8 Å². The van der Waals surface area contributed by atoms with Crippen molar-refractivity contribution in [3.8, 4) is 0 Å². The third kappa shape index (κ3) is 3.10. The van der Waals surface area contributed by atoms with Crippen LogP contribution < -0.4 is 5.32 Å². The van der Waals surface area contributed by atoms with Gasteiger partial charge in [-0.15, -0.1) is 0 Å². The smallest absolute Gasteiger partial charge is 0.316 e. The number of aryl methyl sites for hydroxylation is 1. The zero-order valence-corrected chi connectivity index (χ0v) is 13.1. The van der Waals surface area contributed by atoms with Gasteiger partial charge in [-0.05, 0) is 30.9 Å². The quantitative estimate of drug-likeness (QED) is 0.844. The Balaban J connectivity index is 1.76. The average Bonchev–Trinajstić information content (AvgIpc) is 3.19. The van der Waals surface area contributed by atoms with Crippen LogP contribution in [0.4, 0.5) is 5.95 Å². The molecular formula is C15H19N5O3. The number of piperidine rings is 1. The van der Waals surface area contributed by atoms with Crippen molar-refractivity contribution in [3.63, 3.8) is 0 Å². The number of hydrogen-bond acceptors (Lipinski definition) is 5. The first-order valence-electron chi connectivity index (χ1n) is 7.55. The van der Waals surface area contributed by atoms with E-state index in [-0.39, 0.29) is 12.0 Å². The first-order valence-corrected chi connectivity index (χ1v) is 7.55. The molecule has 23 heavy (non-hydrogen) atoms. The largest absolute Gasteiger partial charge is 0.467 e. The topological polar surface area (TPSA) is 93.3 Å². The second-order valence-corrected chi connectivity index (χ2v) is 5.82. The van der Waals surface area contributed by atoms with Crippen molar-refractivity contribution in [2.24, 2.45) is 13.0 Å². The van der Waals surface area contributed by atoms with Crippen LogP contribution in [0.15, 0.2) is 29.1 Å². The van der Waals surface area contributed by atoms with Gasteiger partial charge in [-0.25, -0.2) is 4.68 Å². The van der Waals surface area contributed by atoms with E-state index in [4.69, 9.17) is 4.42 Å². The van der Waals surface area contributed by atoms with Crippen molar-refractivity contribution < 1.29 is 14.0 Å². The van der Waals surface area contributed by atoms with Gasteiger partial charge >= 0.3 is 11.8 Å². The Morgan fingerprint density at radius 2 is 2.26 bits per heavy atom. The summed E-state index contributed by atoms with van der Waals surface area (Å²) in [6, 6.07) is 3.41. The highest BCUT2D eigenvalue weighted by Gasteiger charge is 2.35. The fourth-order valence-electron chi connectivity index (χ4n) is 2.83. The van der Waals surface area contributed by atoms with Gasteiger partial charge in [-0.1, -0.05) is 6.92 Å². The van der Waals surface area contributed by atoms with Gasteiger partial charge in [0, 0.05) is 13.6 Å².